The van der Waals surface area contributed by atoms with Crippen LogP contribution in [0.5, 0.6) is 0 Å². The van der Waals surface area contributed by atoms with E-state index < -0.39 is 0 Å². The number of hydrogen-bond acceptors (Lipinski definition) is 1. The van der Waals surface area contributed by atoms with Crippen LogP contribution in [0.1, 0.15) is 33.6 Å². The van der Waals surface area contributed by atoms with Crippen molar-refractivity contribution in [3.8, 4) is 0 Å². The predicted molar refractivity (Wildman–Crippen MR) is 38.2 cm³/mol. The molecular weight excluding hydrogens is 112 g/mol. The number of hydrogen-bond donors (Lipinski definition) is 1. The van der Waals surface area contributed by atoms with Gasteiger partial charge in [-0.3, -0.25) is 0 Å². The van der Waals surface area contributed by atoms with Crippen molar-refractivity contribution in [2.75, 3.05) is 0 Å². The van der Waals surface area contributed by atoms with E-state index in [0.29, 0.717) is 11.3 Å². The van der Waals surface area contributed by atoms with Crippen molar-refractivity contribution >= 4 is 0 Å². The minimum atomic E-state index is -0.00926. The van der Waals surface area contributed by atoms with Crippen molar-refractivity contribution in [2.45, 2.75) is 39.7 Å². The Bertz CT molecular complexity index is 102. The van der Waals surface area contributed by atoms with Crippen molar-refractivity contribution in [1.82, 2.24) is 0 Å². The first-order chi connectivity index (χ1) is 4.02. The fourth-order valence-electron chi connectivity index (χ4n) is 1.49. The van der Waals surface area contributed by atoms with Crippen LogP contribution >= 0.6 is 0 Å². The smallest absolute Gasteiger partial charge is 0.0573 e. The molecule has 0 aromatic rings. The van der Waals surface area contributed by atoms with E-state index in [4.69, 9.17) is 0 Å². The second kappa shape index (κ2) is 1.98. The van der Waals surface area contributed by atoms with Crippen molar-refractivity contribution in [3.05, 3.63) is 0 Å². The maximum Gasteiger partial charge on any atom is 0.0573 e. The average molecular weight is 128 g/mol. The fourth-order valence-corrected chi connectivity index (χ4v) is 1.49. The summed E-state index contributed by atoms with van der Waals surface area (Å²) in [5.41, 5.74) is 0.317. The van der Waals surface area contributed by atoms with Crippen LogP contribution in [0.2, 0.25) is 0 Å². The van der Waals surface area contributed by atoms with E-state index in [-0.39, 0.29) is 6.10 Å². The quantitative estimate of drug-likeness (QED) is 0.527. The molecule has 9 heavy (non-hydrogen) atoms. The molecule has 1 fully saturated rings. The lowest BCUT2D eigenvalue weighted by Gasteiger charge is -2.42. The first-order valence-electron chi connectivity index (χ1n) is 3.70. The van der Waals surface area contributed by atoms with E-state index in [9.17, 15) is 5.11 Å². The van der Waals surface area contributed by atoms with Gasteiger partial charge in [-0.2, -0.15) is 0 Å². The number of aliphatic hydroxyl groups is 1. The molecule has 0 bridgehead atoms. The topological polar surface area (TPSA) is 20.2 Å². The Morgan fingerprint density at radius 3 is 1.78 bits per heavy atom. The zero-order valence-electron chi connectivity index (χ0n) is 6.52. The highest BCUT2D eigenvalue weighted by Gasteiger charge is 2.37. The van der Waals surface area contributed by atoms with Gasteiger partial charge >= 0.3 is 0 Å². The molecule has 1 aliphatic carbocycles. The van der Waals surface area contributed by atoms with E-state index in [0.717, 1.165) is 6.42 Å². The molecule has 1 N–H and O–H groups in total. The van der Waals surface area contributed by atoms with Crippen LogP contribution in [-0.4, -0.2) is 11.2 Å². The maximum atomic E-state index is 9.24. The van der Waals surface area contributed by atoms with Gasteiger partial charge in [0.15, 0.2) is 0 Å². The molecule has 0 aromatic carbocycles. The molecule has 0 amide bonds. The monoisotopic (exact) mass is 128 g/mol. The van der Waals surface area contributed by atoms with E-state index in [1.807, 2.05) is 0 Å². The molecule has 0 saturated heterocycles. The Hall–Kier alpha value is -0.0400. The Morgan fingerprint density at radius 2 is 1.78 bits per heavy atom. The summed E-state index contributed by atoms with van der Waals surface area (Å²) in [4.78, 5) is 0. The second-order valence-corrected chi connectivity index (χ2v) is 4.12. The molecule has 0 aromatic heterocycles. The normalized spacial score (nSPS) is 36.0. The van der Waals surface area contributed by atoms with Gasteiger partial charge in [-0.25, -0.2) is 0 Å². The summed E-state index contributed by atoms with van der Waals surface area (Å²) in [6.45, 7) is 6.58. The molecule has 1 rings (SSSR count). The average Bonchev–Trinajstić information content (AvgIpc) is 1.57. The molecule has 0 unspecified atom stereocenters. The molecule has 0 aliphatic heterocycles. The highest BCUT2D eigenvalue weighted by molar-refractivity contribution is 4.88. The summed E-state index contributed by atoms with van der Waals surface area (Å²) in [5, 5.41) is 9.24. The maximum absolute atomic E-state index is 9.24. The summed E-state index contributed by atoms with van der Waals surface area (Å²) in [5.74, 6) is 0.553. The van der Waals surface area contributed by atoms with Gasteiger partial charge < -0.3 is 5.11 Å². The van der Waals surface area contributed by atoms with Crippen LogP contribution in [0.15, 0.2) is 0 Å². The van der Waals surface area contributed by atoms with Crippen molar-refractivity contribution in [2.24, 2.45) is 11.3 Å². The van der Waals surface area contributed by atoms with Gasteiger partial charge in [0.05, 0.1) is 6.10 Å². The van der Waals surface area contributed by atoms with Crippen LogP contribution in [0.3, 0.4) is 0 Å². The Morgan fingerprint density at radius 1 is 1.22 bits per heavy atom. The lowest BCUT2D eigenvalue weighted by atomic mass is 9.66. The number of rotatable bonds is 0. The molecule has 2 atom stereocenters. The molecule has 1 nitrogen and oxygen atoms in total. The van der Waals surface area contributed by atoms with Gasteiger partial charge in [0.2, 0.25) is 0 Å². The van der Waals surface area contributed by atoms with E-state index in [2.05, 4.69) is 20.8 Å². The minimum Gasteiger partial charge on any atom is -0.393 e. The first kappa shape index (κ1) is 7.07. The molecule has 0 radical (unpaired) electrons. The molecule has 54 valence electrons. The zero-order valence-corrected chi connectivity index (χ0v) is 6.52. The fraction of sp³-hybridized carbons (Fsp3) is 1.00. The van der Waals surface area contributed by atoms with Crippen LogP contribution < -0.4 is 0 Å². The molecule has 0 spiro atoms. The summed E-state index contributed by atoms with van der Waals surface area (Å²) in [6.07, 6.45) is 2.22. The van der Waals surface area contributed by atoms with Gasteiger partial charge in [-0.15, -0.1) is 0 Å². The third-order valence-corrected chi connectivity index (χ3v) is 2.35. The van der Waals surface area contributed by atoms with Gasteiger partial charge in [-0.05, 0) is 24.2 Å². The van der Waals surface area contributed by atoms with Crippen LogP contribution in [-0.2, 0) is 0 Å². The lowest BCUT2D eigenvalue weighted by Crippen LogP contribution is -2.40. The van der Waals surface area contributed by atoms with Crippen molar-refractivity contribution in [1.29, 1.82) is 0 Å². The predicted octanol–water partition coefficient (Wildman–Crippen LogP) is 1.80. The highest BCUT2D eigenvalue weighted by atomic mass is 16.3. The molecule has 1 heteroatoms. The van der Waals surface area contributed by atoms with Crippen LogP contribution in [0.25, 0.3) is 0 Å². The van der Waals surface area contributed by atoms with Gasteiger partial charge in [0.25, 0.3) is 0 Å². The second-order valence-electron chi connectivity index (χ2n) is 4.12. The Kier molecular flexibility index (Phi) is 1.55. The van der Waals surface area contributed by atoms with Crippen molar-refractivity contribution < 1.29 is 5.11 Å². The summed E-state index contributed by atoms with van der Waals surface area (Å²) in [7, 11) is 0. The highest BCUT2D eigenvalue weighted by Crippen LogP contribution is 2.41. The van der Waals surface area contributed by atoms with Gasteiger partial charge in [-0.1, -0.05) is 20.8 Å². The minimum absolute atomic E-state index is 0.00926. The van der Waals surface area contributed by atoms with Crippen molar-refractivity contribution in [3.63, 3.8) is 0 Å². The van der Waals surface area contributed by atoms with Crippen LogP contribution in [0, 0.1) is 11.3 Å². The number of aliphatic hydroxyl groups excluding tert-OH is 1. The Balaban J connectivity index is 2.44. The first-order valence-corrected chi connectivity index (χ1v) is 3.70. The zero-order chi connectivity index (χ0) is 7.07. The third-order valence-electron chi connectivity index (χ3n) is 2.35. The van der Waals surface area contributed by atoms with Gasteiger partial charge in [0, 0.05) is 0 Å². The Labute approximate surface area is 57.1 Å². The molecule has 1 aliphatic rings. The lowest BCUT2D eigenvalue weighted by molar-refractivity contribution is -0.0355. The molecular formula is C8H16O. The van der Waals surface area contributed by atoms with E-state index in [1.54, 1.807) is 0 Å². The summed E-state index contributed by atoms with van der Waals surface area (Å²) >= 11 is 0. The van der Waals surface area contributed by atoms with E-state index in [1.165, 1.54) is 6.42 Å². The summed E-state index contributed by atoms with van der Waals surface area (Å²) < 4.78 is 0. The van der Waals surface area contributed by atoms with Crippen LogP contribution in [0.4, 0.5) is 0 Å². The standard InChI is InChI=1S/C8H16O/c1-8(2,3)6-4-5-7(6)9/h6-7,9H,4-5H2,1-3H3/t6-,7-/m1/s1. The third kappa shape index (κ3) is 1.26. The molecule has 1 saturated carbocycles. The largest absolute Gasteiger partial charge is 0.393 e. The molecule has 0 heterocycles. The summed E-state index contributed by atoms with van der Waals surface area (Å²) in [6, 6.07) is 0. The SMILES string of the molecule is CC(C)(C)[C@@H]1CC[C@H]1O. The van der Waals surface area contributed by atoms with Gasteiger partial charge in [0.1, 0.15) is 0 Å². The van der Waals surface area contributed by atoms with E-state index >= 15 is 0 Å².